The highest BCUT2D eigenvalue weighted by molar-refractivity contribution is 6.02. The maximum Gasteiger partial charge on any atom is 0.160 e. The minimum atomic E-state index is -0.294. The SMILES string of the molecule is CC.O=NCc1nnc2[nH]cc3c2c1-c1ccccc1NC3c1cccc(F)c1. The molecule has 4 aromatic rings. The van der Waals surface area contributed by atoms with Gasteiger partial charge in [0, 0.05) is 34.0 Å². The predicted octanol–water partition coefficient (Wildman–Crippen LogP) is 5.57. The molecule has 0 saturated carbocycles. The number of hydrogen-bond donors (Lipinski definition) is 2. The number of nitrogens with zero attached hydrogens (tertiary/aromatic N) is 3. The Bertz CT molecular complexity index is 1190. The molecular formula is C22H20FN5O. The molecule has 1 aliphatic rings. The summed E-state index contributed by atoms with van der Waals surface area (Å²) in [5, 5.41) is 15.8. The molecule has 3 heterocycles. The van der Waals surface area contributed by atoms with Crippen molar-refractivity contribution in [1.82, 2.24) is 15.2 Å². The van der Waals surface area contributed by atoms with Crippen LogP contribution in [0.3, 0.4) is 0 Å². The molecule has 1 atom stereocenters. The van der Waals surface area contributed by atoms with E-state index in [1.807, 2.05) is 50.4 Å². The van der Waals surface area contributed by atoms with Crippen molar-refractivity contribution in [3.63, 3.8) is 0 Å². The first kappa shape index (κ1) is 18.7. The van der Waals surface area contributed by atoms with Gasteiger partial charge in [0.25, 0.3) is 0 Å². The molecule has 6 nitrogen and oxygen atoms in total. The lowest BCUT2D eigenvalue weighted by Crippen LogP contribution is -2.11. The van der Waals surface area contributed by atoms with Gasteiger partial charge in [0.15, 0.2) is 5.65 Å². The summed E-state index contributed by atoms with van der Waals surface area (Å²) in [5.41, 5.74) is 5.48. The lowest BCUT2D eigenvalue weighted by atomic mass is 9.96. The lowest BCUT2D eigenvalue weighted by molar-refractivity contribution is 0.624. The molecule has 2 N–H and O–H groups in total. The second kappa shape index (κ2) is 7.79. The zero-order valence-electron chi connectivity index (χ0n) is 16.1. The van der Waals surface area contributed by atoms with E-state index in [-0.39, 0.29) is 18.4 Å². The zero-order chi connectivity index (χ0) is 20.4. The van der Waals surface area contributed by atoms with Gasteiger partial charge in [0.05, 0.1) is 11.7 Å². The Hall–Kier alpha value is -3.61. The first-order chi connectivity index (χ1) is 14.3. The van der Waals surface area contributed by atoms with Gasteiger partial charge < -0.3 is 10.3 Å². The molecule has 7 heteroatoms. The van der Waals surface area contributed by atoms with Crippen molar-refractivity contribution >= 4 is 16.7 Å². The zero-order valence-corrected chi connectivity index (χ0v) is 16.1. The van der Waals surface area contributed by atoms with Crippen LogP contribution in [0.25, 0.3) is 22.2 Å². The average Bonchev–Trinajstić information content (AvgIpc) is 3.11. The first-order valence-corrected chi connectivity index (χ1v) is 9.53. The third-order valence-corrected chi connectivity index (χ3v) is 4.90. The molecule has 29 heavy (non-hydrogen) atoms. The molecule has 0 bridgehead atoms. The van der Waals surface area contributed by atoms with Crippen LogP contribution in [0, 0.1) is 10.7 Å². The topological polar surface area (TPSA) is 83.0 Å². The highest BCUT2D eigenvalue weighted by atomic mass is 19.1. The summed E-state index contributed by atoms with van der Waals surface area (Å²) in [5.74, 6) is -0.294. The Balaban J connectivity index is 0.000000994. The van der Waals surface area contributed by atoms with Gasteiger partial charge in [0.2, 0.25) is 0 Å². The molecule has 146 valence electrons. The van der Waals surface area contributed by atoms with Crippen LogP contribution in [0.5, 0.6) is 0 Å². The number of fused-ring (bicyclic) bond motifs is 2. The first-order valence-electron chi connectivity index (χ1n) is 9.53. The number of rotatable bonds is 3. The summed E-state index contributed by atoms with van der Waals surface area (Å²) in [6.45, 7) is 3.93. The van der Waals surface area contributed by atoms with Crippen LogP contribution < -0.4 is 5.32 Å². The van der Waals surface area contributed by atoms with Gasteiger partial charge in [-0.1, -0.05) is 49.4 Å². The fourth-order valence-electron chi connectivity index (χ4n) is 3.77. The Morgan fingerprint density at radius 3 is 2.72 bits per heavy atom. The summed E-state index contributed by atoms with van der Waals surface area (Å²) < 4.78 is 13.9. The molecule has 0 aliphatic carbocycles. The maximum absolute atomic E-state index is 13.9. The molecule has 5 rings (SSSR count). The third-order valence-electron chi connectivity index (χ3n) is 4.90. The number of anilines is 1. The summed E-state index contributed by atoms with van der Waals surface area (Å²) in [7, 11) is 0. The van der Waals surface area contributed by atoms with Crippen molar-refractivity contribution in [2.24, 2.45) is 5.18 Å². The van der Waals surface area contributed by atoms with Crippen molar-refractivity contribution in [3.8, 4) is 11.1 Å². The third kappa shape index (κ3) is 3.14. The van der Waals surface area contributed by atoms with Gasteiger partial charge >= 0.3 is 0 Å². The van der Waals surface area contributed by atoms with E-state index in [0.29, 0.717) is 11.3 Å². The number of aromatic nitrogens is 3. The molecule has 0 amide bonds. The number of halogens is 1. The van der Waals surface area contributed by atoms with Crippen molar-refractivity contribution in [1.29, 1.82) is 0 Å². The Kier molecular flexibility index (Phi) is 5.03. The van der Waals surface area contributed by atoms with Crippen molar-refractivity contribution in [2.75, 3.05) is 5.32 Å². The molecule has 0 fully saturated rings. The summed E-state index contributed by atoms with van der Waals surface area (Å²) in [6, 6.07) is 14.0. The smallest absolute Gasteiger partial charge is 0.160 e. The van der Waals surface area contributed by atoms with Crippen LogP contribution in [0.15, 0.2) is 59.9 Å². The highest BCUT2D eigenvalue weighted by Gasteiger charge is 2.28. The van der Waals surface area contributed by atoms with Crippen LogP contribution >= 0.6 is 0 Å². The molecule has 1 unspecified atom stereocenters. The second-order valence-corrected chi connectivity index (χ2v) is 6.45. The quantitative estimate of drug-likeness (QED) is 0.449. The fourth-order valence-corrected chi connectivity index (χ4v) is 3.77. The monoisotopic (exact) mass is 389 g/mol. The number of nitroso groups, excluding NO2 is 1. The van der Waals surface area contributed by atoms with E-state index >= 15 is 0 Å². The number of nitrogens with one attached hydrogen (secondary N) is 2. The van der Waals surface area contributed by atoms with Crippen molar-refractivity contribution < 1.29 is 4.39 Å². The van der Waals surface area contributed by atoms with E-state index in [1.165, 1.54) is 12.1 Å². The van der Waals surface area contributed by atoms with Gasteiger partial charge in [-0.15, -0.1) is 5.10 Å². The lowest BCUT2D eigenvalue weighted by Gasteiger charge is -2.19. The molecule has 2 aromatic heterocycles. The molecule has 0 saturated heterocycles. The predicted molar refractivity (Wildman–Crippen MR) is 112 cm³/mol. The Morgan fingerprint density at radius 2 is 1.93 bits per heavy atom. The summed E-state index contributed by atoms with van der Waals surface area (Å²) in [4.78, 5) is 14.1. The van der Waals surface area contributed by atoms with Crippen molar-refractivity contribution in [2.45, 2.75) is 26.4 Å². The van der Waals surface area contributed by atoms with Crippen molar-refractivity contribution in [3.05, 3.63) is 82.3 Å². The van der Waals surface area contributed by atoms with Gasteiger partial charge in [-0.25, -0.2) is 4.39 Å². The van der Waals surface area contributed by atoms with E-state index in [9.17, 15) is 9.30 Å². The Morgan fingerprint density at radius 1 is 1.10 bits per heavy atom. The normalized spacial score (nSPS) is 14.2. The van der Waals surface area contributed by atoms with Gasteiger partial charge in [0.1, 0.15) is 12.4 Å². The largest absolute Gasteiger partial charge is 0.374 e. The van der Waals surface area contributed by atoms with Crippen LogP contribution in [0.2, 0.25) is 0 Å². The van der Waals surface area contributed by atoms with E-state index in [0.717, 1.165) is 33.3 Å². The number of H-pyrrole nitrogens is 1. The van der Waals surface area contributed by atoms with Crippen LogP contribution in [0.1, 0.15) is 36.7 Å². The molecule has 0 radical (unpaired) electrons. The number of aromatic amines is 1. The van der Waals surface area contributed by atoms with Gasteiger partial charge in [-0.05, 0) is 23.8 Å². The fraction of sp³-hybridized carbons (Fsp3) is 0.182. The molecule has 1 aliphatic heterocycles. The van der Waals surface area contributed by atoms with E-state index < -0.39 is 0 Å². The minimum Gasteiger partial charge on any atom is -0.374 e. The van der Waals surface area contributed by atoms with E-state index in [2.05, 4.69) is 25.7 Å². The van der Waals surface area contributed by atoms with Crippen LogP contribution in [-0.2, 0) is 6.54 Å². The molecule has 2 aromatic carbocycles. The summed E-state index contributed by atoms with van der Waals surface area (Å²) >= 11 is 0. The average molecular weight is 389 g/mol. The molecule has 0 spiro atoms. The second-order valence-electron chi connectivity index (χ2n) is 6.45. The van der Waals surface area contributed by atoms with Crippen LogP contribution in [-0.4, -0.2) is 15.2 Å². The number of hydrogen-bond acceptors (Lipinski definition) is 5. The highest BCUT2D eigenvalue weighted by Crippen LogP contribution is 2.44. The van der Waals surface area contributed by atoms with Gasteiger partial charge in [-0.3, -0.25) is 0 Å². The standard InChI is InChI=1S/C20H14FN5O.C2H6/c21-12-5-3-4-11(8-12)19-14-9-22-20-18(14)17(16(10-23-27)25-26-20)13-6-1-2-7-15(13)24-19;1-2/h1-9,19,24H,10H2,(H,22,26);1-2H3. The maximum atomic E-state index is 13.9. The number of benzene rings is 2. The minimum absolute atomic E-state index is 0.0676. The van der Waals surface area contributed by atoms with Gasteiger partial charge in [-0.2, -0.15) is 10.0 Å². The van der Waals surface area contributed by atoms with E-state index in [4.69, 9.17) is 0 Å². The van der Waals surface area contributed by atoms with Crippen LogP contribution in [0.4, 0.5) is 10.1 Å². The Labute approximate surface area is 167 Å². The van der Waals surface area contributed by atoms with E-state index in [1.54, 1.807) is 6.07 Å². The molecular weight excluding hydrogens is 369 g/mol. The number of para-hydroxylation sites is 1. The summed E-state index contributed by atoms with van der Waals surface area (Å²) in [6.07, 6.45) is 1.86.